The SMILES string of the molecule is CCCC(CCOCC1CO1)[Si](OCC)(OCC)OCC. The van der Waals surface area contributed by atoms with Crippen molar-refractivity contribution in [2.24, 2.45) is 0 Å². The van der Waals surface area contributed by atoms with Crippen molar-refractivity contribution in [3.05, 3.63) is 0 Å². The molecule has 126 valence electrons. The van der Waals surface area contributed by atoms with E-state index < -0.39 is 8.80 Å². The van der Waals surface area contributed by atoms with Crippen molar-refractivity contribution in [1.82, 2.24) is 0 Å². The van der Waals surface area contributed by atoms with Gasteiger partial charge in [0.05, 0.1) is 13.2 Å². The molecule has 0 saturated carbocycles. The summed E-state index contributed by atoms with van der Waals surface area (Å²) in [6.45, 7) is 12.3. The maximum Gasteiger partial charge on any atom is 0.504 e. The second-order valence-electron chi connectivity index (χ2n) is 5.21. The fraction of sp³-hybridized carbons (Fsp3) is 1.00. The first-order valence-electron chi connectivity index (χ1n) is 8.33. The summed E-state index contributed by atoms with van der Waals surface area (Å²) in [4.78, 5) is 0. The minimum Gasteiger partial charge on any atom is -0.379 e. The van der Waals surface area contributed by atoms with Gasteiger partial charge in [-0.15, -0.1) is 0 Å². The minimum absolute atomic E-state index is 0.308. The van der Waals surface area contributed by atoms with Crippen molar-refractivity contribution in [2.75, 3.05) is 39.6 Å². The highest BCUT2D eigenvalue weighted by Crippen LogP contribution is 2.33. The van der Waals surface area contributed by atoms with Gasteiger partial charge in [-0.1, -0.05) is 13.3 Å². The molecule has 2 unspecified atom stereocenters. The molecule has 0 bridgehead atoms. The summed E-state index contributed by atoms with van der Waals surface area (Å²) in [6.07, 6.45) is 3.39. The number of ether oxygens (including phenoxy) is 2. The molecule has 5 nitrogen and oxygen atoms in total. The summed E-state index contributed by atoms with van der Waals surface area (Å²) in [5.74, 6) is 0. The van der Waals surface area contributed by atoms with Crippen LogP contribution in [0, 0.1) is 0 Å². The summed E-state index contributed by atoms with van der Waals surface area (Å²) in [6, 6.07) is 0. The van der Waals surface area contributed by atoms with Gasteiger partial charge >= 0.3 is 8.80 Å². The van der Waals surface area contributed by atoms with Crippen molar-refractivity contribution >= 4 is 8.80 Å². The molecule has 1 heterocycles. The first-order valence-corrected chi connectivity index (χ1v) is 10.1. The monoisotopic (exact) mass is 320 g/mol. The molecule has 2 atom stereocenters. The molecule has 0 N–H and O–H groups in total. The van der Waals surface area contributed by atoms with E-state index in [9.17, 15) is 0 Å². The van der Waals surface area contributed by atoms with Crippen molar-refractivity contribution < 1.29 is 22.8 Å². The molecule has 21 heavy (non-hydrogen) atoms. The molecule has 0 aromatic heterocycles. The van der Waals surface area contributed by atoms with Crippen LogP contribution >= 0.6 is 0 Å². The Morgan fingerprint density at radius 1 is 1.00 bits per heavy atom. The number of hydrogen-bond donors (Lipinski definition) is 0. The van der Waals surface area contributed by atoms with Crippen LogP contribution in [-0.4, -0.2) is 54.5 Å². The smallest absolute Gasteiger partial charge is 0.379 e. The van der Waals surface area contributed by atoms with Crippen molar-refractivity contribution in [1.29, 1.82) is 0 Å². The van der Waals surface area contributed by atoms with Crippen molar-refractivity contribution in [3.8, 4) is 0 Å². The fourth-order valence-corrected chi connectivity index (χ4v) is 5.81. The van der Waals surface area contributed by atoms with Gasteiger partial charge < -0.3 is 22.8 Å². The number of rotatable bonds is 14. The Hall–Kier alpha value is 0.0169. The van der Waals surface area contributed by atoms with E-state index in [1.54, 1.807) is 0 Å². The molecule has 6 heteroatoms. The highest BCUT2D eigenvalue weighted by atomic mass is 28.4. The lowest BCUT2D eigenvalue weighted by atomic mass is 10.2. The first-order chi connectivity index (χ1) is 10.2. The van der Waals surface area contributed by atoms with Gasteiger partial charge in [0.15, 0.2) is 0 Å². The highest BCUT2D eigenvalue weighted by molar-refractivity contribution is 6.62. The average molecular weight is 321 g/mol. The second kappa shape index (κ2) is 10.7. The zero-order valence-corrected chi connectivity index (χ0v) is 15.1. The van der Waals surface area contributed by atoms with Crippen molar-refractivity contribution in [2.45, 2.75) is 58.6 Å². The van der Waals surface area contributed by atoms with Gasteiger partial charge in [0, 0.05) is 32.0 Å². The summed E-state index contributed by atoms with van der Waals surface area (Å²) < 4.78 is 28.9. The van der Waals surface area contributed by atoms with Crippen LogP contribution in [-0.2, 0) is 22.8 Å². The maximum absolute atomic E-state index is 6.03. The standard InChI is InChI=1S/C15H32O5Si/c1-5-9-15(10-11-16-12-14-13-17-14)21(18-6-2,19-7-3)20-8-4/h14-15H,5-13H2,1-4H3. The molecule has 0 radical (unpaired) electrons. The van der Waals surface area contributed by atoms with Crippen LogP contribution in [0.2, 0.25) is 5.54 Å². The summed E-state index contributed by atoms with van der Waals surface area (Å²) >= 11 is 0. The molecule has 0 spiro atoms. The minimum atomic E-state index is -2.62. The summed E-state index contributed by atoms with van der Waals surface area (Å²) in [7, 11) is -2.62. The van der Waals surface area contributed by atoms with E-state index in [4.69, 9.17) is 22.8 Å². The van der Waals surface area contributed by atoms with Gasteiger partial charge in [0.25, 0.3) is 0 Å². The lowest BCUT2D eigenvalue weighted by Crippen LogP contribution is -2.50. The van der Waals surface area contributed by atoms with Gasteiger partial charge in [0.2, 0.25) is 0 Å². The third-order valence-corrected chi connectivity index (χ3v) is 7.14. The molecule has 0 aliphatic carbocycles. The van der Waals surface area contributed by atoms with Gasteiger partial charge in [-0.25, -0.2) is 0 Å². The van der Waals surface area contributed by atoms with Crippen LogP contribution in [0.1, 0.15) is 47.0 Å². The Kier molecular flexibility index (Phi) is 9.71. The van der Waals surface area contributed by atoms with E-state index in [1.165, 1.54) is 0 Å². The van der Waals surface area contributed by atoms with E-state index in [1.807, 2.05) is 20.8 Å². The molecular formula is C15H32O5Si. The Bertz CT molecular complexity index is 243. The molecule has 1 aliphatic heterocycles. The van der Waals surface area contributed by atoms with Gasteiger partial charge in [-0.05, 0) is 33.6 Å². The Labute approximate surface area is 130 Å². The van der Waals surface area contributed by atoms with Gasteiger partial charge in [-0.3, -0.25) is 0 Å². The Balaban J connectivity index is 2.58. The van der Waals surface area contributed by atoms with E-state index >= 15 is 0 Å². The highest BCUT2D eigenvalue weighted by Gasteiger charge is 2.48. The quantitative estimate of drug-likeness (QED) is 0.280. The van der Waals surface area contributed by atoms with Crippen LogP contribution in [0.25, 0.3) is 0 Å². The zero-order chi connectivity index (χ0) is 15.6. The van der Waals surface area contributed by atoms with Crippen LogP contribution < -0.4 is 0 Å². The topological polar surface area (TPSA) is 49.5 Å². The summed E-state index contributed by atoms with van der Waals surface area (Å²) in [5, 5.41) is 0. The Morgan fingerprint density at radius 3 is 2.00 bits per heavy atom. The van der Waals surface area contributed by atoms with E-state index in [0.717, 1.165) is 25.9 Å². The van der Waals surface area contributed by atoms with Crippen LogP contribution in [0.4, 0.5) is 0 Å². The zero-order valence-electron chi connectivity index (χ0n) is 14.1. The first kappa shape index (κ1) is 19.1. The lowest BCUT2D eigenvalue weighted by Gasteiger charge is -2.35. The third kappa shape index (κ3) is 6.75. The largest absolute Gasteiger partial charge is 0.504 e. The predicted octanol–water partition coefficient (Wildman–Crippen LogP) is 3.01. The molecule has 0 amide bonds. The average Bonchev–Trinajstić information content (AvgIpc) is 3.27. The molecule has 1 rings (SSSR count). The molecule has 1 fully saturated rings. The number of epoxide rings is 1. The molecule has 0 aromatic rings. The maximum atomic E-state index is 6.03. The van der Waals surface area contributed by atoms with Crippen LogP contribution in [0.15, 0.2) is 0 Å². The van der Waals surface area contributed by atoms with Crippen LogP contribution in [0.3, 0.4) is 0 Å². The van der Waals surface area contributed by atoms with Gasteiger partial charge in [0.1, 0.15) is 6.10 Å². The van der Waals surface area contributed by atoms with Crippen molar-refractivity contribution in [3.63, 3.8) is 0 Å². The summed E-state index contributed by atoms with van der Waals surface area (Å²) in [5.41, 5.74) is 0.308. The normalized spacial score (nSPS) is 19.7. The van der Waals surface area contributed by atoms with Gasteiger partial charge in [-0.2, -0.15) is 0 Å². The molecular weight excluding hydrogens is 288 g/mol. The fourth-order valence-electron chi connectivity index (χ4n) is 2.53. The molecule has 0 aromatic carbocycles. The Morgan fingerprint density at radius 2 is 1.57 bits per heavy atom. The second-order valence-corrected chi connectivity index (χ2v) is 8.10. The van der Waals surface area contributed by atoms with Crippen LogP contribution in [0.5, 0.6) is 0 Å². The van der Waals surface area contributed by atoms with E-state index in [-0.39, 0.29) is 0 Å². The van der Waals surface area contributed by atoms with E-state index in [2.05, 4.69) is 6.92 Å². The molecule has 1 saturated heterocycles. The predicted molar refractivity (Wildman–Crippen MR) is 84.5 cm³/mol. The molecule has 1 aliphatic rings. The van der Waals surface area contributed by atoms with E-state index in [0.29, 0.717) is 44.7 Å². The third-order valence-electron chi connectivity index (χ3n) is 3.49. The number of hydrogen-bond acceptors (Lipinski definition) is 5. The lowest BCUT2D eigenvalue weighted by molar-refractivity contribution is 0.0504.